The van der Waals surface area contributed by atoms with Crippen molar-refractivity contribution in [1.82, 2.24) is 29.8 Å². The normalized spacial score (nSPS) is 13.6. The van der Waals surface area contributed by atoms with Crippen LogP contribution in [-0.2, 0) is 19.6 Å². The van der Waals surface area contributed by atoms with E-state index >= 15 is 4.39 Å². The summed E-state index contributed by atoms with van der Waals surface area (Å²) >= 11 is 1.65. The Morgan fingerprint density at radius 3 is 2.80 bits per heavy atom. The molecule has 1 aliphatic rings. The molecule has 0 radical (unpaired) electrons. The van der Waals surface area contributed by atoms with Crippen molar-refractivity contribution in [1.29, 1.82) is 0 Å². The summed E-state index contributed by atoms with van der Waals surface area (Å²) in [6.45, 7) is 1.68. The van der Waals surface area contributed by atoms with Crippen molar-refractivity contribution < 1.29 is 13.6 Å². The van der Waals surface area contributed by atoms with Gasteiger partial charge in [-0.3, -0.25) is 19.5 Å². The molecule has 1 amide bonds. The van der Waals surface area contributed by atoms with Crippen LogP contribution in [0, 0.1) is 11.6 Å². The third kappa shape index (κ3) is 3.51. The van der Waals surface area contributed by atoms with E-state index in [4.69, 9.17) is 0 Å². The fourth-order valence-electron chi connectivity index (χ4n) is 4.45. The Labute approximate surface area is 200 Å². The summed E-state index contributed by atoms with van der Waals surface area (Å²) in [5.41, 5.74) is 2.25. The number of fused-ring (bicyclic) bond motifs is 4. The van der Waals surface area contributed by atoms with Crippen molar-refractivity contribution in [2.24, 2.45) is 0 Å². The Morgan fingerprint density at radius 1 is 1.20 bits per heavy atom. The molecule has 11 heteroatoms. The molecular weight excluding hydrogens is 474 g/mol. The van der Waals surface area contributed by atoms with Crippen LogP contribution in [0.15, 0.2) is 47.5 Å². The smallest absolute Gasteiger partial charge is 0.277 e. The lowest BCUT2D eigenvalue weighted by atomic mass is 10.1. The van der Waals surface area contributed by atoms with Crippen LogP contribution in [0.1, 0.15) is 26.5 Å². The minimum absolute atomic E-state index is 0.00653. The van der Waals surface area contributed by atoms with E-state index in [0.717, 1.165) is 21.2 Å². The summed E-state index contributed by atoms with van der Waals surface area (Å²) in [5, 5.41) is 6.43. The van der Waals surface area contributed by atoms with Gasteiger partial charge in [0.15, 0.2) is 17.2 Å². The van der Waals surface area contributed by atoms with Crippen molar-refractivity contribution in [3.8, 4) is 10.4 Å². The topological polar surface area (TPSA) is 95.4 Å². The Bertz CT molecular complexity index is 1670. The number of H-pyrrole nitrogens is 1. The molecule has 0 atom stereocenters. The molecule has 0 aliphatic carbocycles. The van der Waals surface area contributed by atoms with Gasteiger partial charge in [-0.25, -0.2) is 13.3 Å². The number of rotatable bonds is 4. The van der Waals surface area contributed by atoms with E-state index in [1.54, 1.807) is 42.8 Å². The van der Waals surface area contributed by atoms with Crippen LogP contribution in [0.4, 0.5) is 8.78 Å². The summed E-state index contributed by atoms with van der Waals surface area (Å²) in [6, 6.07) is 8.97. The highest BCUT2D eigenvalue weighted by Gasteiger charge is 2.24. The number of amides is 1. The SMILES string of the molecule is CNC(=O)c1ccc(-c2cc3c(s2)CN(Cc2ccc4c([nH]c(=O)c5c(F)cnn54)c2F)C3)cn1. The third-order valence-corrected chi connectivity index (χ3v) is 7.38. The highest BCUT2D eigenvalue weighted by Crippen LogP contribution is 2.37. The Balaban J connectivity index is 1.23. The van der Waals surface area contributed by atoms with Crippen molar-refractivity contribution in [3.63, 3.8) is 0 Å². The first kappa shape index (κ1) is 21.6. The molecule has 4 aromatic heterocycles. The summed E-state index contributed by atoms with van der Waals surface area (Å²) in [4.78, 5) is 35.0. The van der Waals surface area contributed by atoms with Gasteiger partial charge in [0.1, 0.15) is 11.2 Å². The third-order valence-electron chi connectivity index (χ3n) is 6.17. The molecule has 0 saturated carbocycles. The lowest BCUT2D eigenvalue weighted by molar-refractivity contribution is 0.0958. The van der Waals surface area contributed by atoms with Gasteiger partial charge in [-0.05, 0) is 29.8 Å². The molecule has 0 saturated heterocycles. The molecule has 0 fully saturated rings. The first-order valence-corrected chi connectivity index (χ1v) is 11.6. The van der Waals surface area contributed by atoms with Gasteiger partial charge in [0, 0.05) is 53.8 Å². The number of halogens is 2. The number of carbonyl (C=O) groups is 1. The number of pyridine rings is 1. The van der Waals surface area contributed by atoms with Crippen LogP contribution in [0.2, 0.25) is 0 Å². The first-order chi connectivity index (χ1) is 16.9. The molecule has 0 spiro atoms. The van der Waals surface area contributed by atoms with Crippen LogP contribution >= 0.6 is 11.3 Å². The van der Waals surface area contributed by atoms with Crippen molar-refractivity contribution >= 4 is 33.8 Å². The maximum atomic E-state index is 15.3. The minimum atomic E-state index is -0.751. The number of aromatic nitrogens is 4. The first-order valence-electron chi connectivity index (χ1n) is 10.8. The molecule has 6 rings (SSSR count). The molecular formula is C24H18F2N6O2S. The fraction of sp³-hybridized carbons (Fsp3) is 0.167. The molecule has 8 nitrogen and oxygen atoms in total. The highest BCUT2D eigenvalue weighted by atomic mass is 32.1. The number of nitrogens with one attached hydrogen (secondary N) is 2. The molecule has 5 aromatic rings. The van der Waals surface area contributed by atoms with E-state index in [1.807, 2.05) is 6.07 Å². The van der Waals surface area contributed by atoms with Crippen molar-refractivity contribution in [2.45, 2.75) is 19.6 Å². The standard InChI is InChI=1S/C24H18F2N6O2S/c1-27-23(33)16-4-2-12(7-28-16)18-6-14-10-31(11-19(14)35-18)9-13-3-5-17-21(20(13)26)30-24(34)22-15(25)8-29-32(17)22/h2-8H,9-11H2,1H3,(H,27,33)(H,30,34). The van der Waals surface area contributed by atoms with Gasteiger partial charge in [0.05, 0.1) is 11.7 Å². The summed E-state index contributed by atoms with van der Waals surface area (Å²) in [7, 11) is 1.57. The number of aromatic amines is 1. The largest absolute Gasteiger partial charge is 0.354 e. The lowest BCUT2D eigenvalue weighted by Crippen LogP contribution is -2.18. The van der Waals surface area contributed by atoms with Crippen LogP contribution < -0.4 is 10.9 Å². The fourth-order valence-corrected chi connectivity index (χ4v) is 5.65. The zero-order valence-corrected chi connectivity index (χ0v) is 19.2. The second-order valence-electron chi connectivity index (χ2n) is 8.36. The van der Waals surface area contributed by atoms with Crippen LogP contribution in [0.25, 0.3) is 27.0 Å². The minimum Gasteiger partial charge on any atom is -0.354 e. The molecule has 35 heavy (non-hydrogen) atoms. The zero-order valence-electron chi connectivity index (χ0n) is 18.4. The molecule has 176 valence electrons. The van der Waals surface area contributed by atoms with Crippen molar-refractivity contribution in [3.05, 3.63) is 86.4 Å². The van der Waals surface area contributed by atoms with Crippen LogP contribution in [0.3, 0.4) is 0 Å². The van der Waals surface area contributed by atoms with E-state index < -0.39 is 17.2 Å². The Hall–Kier alpha value is -3.96. The lowest BCUT2D eigenvalue weighted by Gasteiger charge is -2.16. The van der Waals surface area contributed by atoms with Gasteiger partial charge in [-0.1, -0.05) is 6.07 Å². The van der Waals surface area contributed by atoms with E-state index in [-0.39, 0.29) is 16.9 Å². The number of carbonyl (C=O) groups excluding carboxylic acids is 1. The van der Waals surface area contributed by atoms with Crippen LogP contribution in [-0.4, -0.2) is 37.4 Å². The van der Waals surface area contributed by atoms with Crippen molar-refractivity contribution in [2.75, 3.05) is 7.05 Å². The van der Waals surface area contributed by atoms with Crippen LogP contribution in [0.5, 0.6) is 0 Å². The molecule has 1 aliphatic heterocycles. The van der Waals surface area contributed by atoms with Gasteiger partial charge in [-0.15, -0.1) is 11.3 Å². The number of benzene rings is 1. The number of hydrogen-bond acceptors (Lipinski definition) is 6. The van der Waals surface area contributed by atoms with Gasteiger partial charge in [0.25, 0.3) is 11.5 Å². The van der Waals surface area contributed by atoms with Gasteiger partial charge in [0.2, 0.25) is 0 Å². The number of hydrogen-bond donors (Lipinski definition) is 2. The Kier molecular flexibility index (Phi) is 4.97. The predicted molar refractivity (Wildman–Crippen MR) is 127 cm³/mol. The quantitative estimate of drug-likeness (QED) is 0.401. The number of thiophene rings is 1. The van der Waals surface area contributed by atoms with E-state index in [1.165, 1.54) is 10.4 Å². The van der Waals surface area contributed by atoms with E-state index in [9.17, 15) is 14.0 Å². The van der Waals surface area contributed by atoms with E-state index in [0.29, 0.717) is 36.4 Å². The maximum absolute atomic E-state index is 15.3. The molecule has 2 N–H and O–H groups in total. The second kappa shape index (κ2) is 8.07. The molecule has 0 unspecified atom stereocenters. The Morgan fingerprint density at radius 2 is 2.06 bits per heavy atom. The van der Waals surface area contributed by atoms with Gasteiger partial charge >= 0.3 is 0 Å². The molecule has 5 heterocycles. The van der Waals surface area contributed by atoms with E-state index in [2.05, 4.69) is 31.3 Å². The molecule has 0 bridgehead atoms. The summed E-state index contributed by atoms with van der Waals surface area (Å²) in [6.07, 6.45) is 2.63. The highest BCUT2D eigenvalue weighted by molar-refractivity contribution is 7.15. The summed E-state index contributed by atoms with van der Waals surface area (Å²) in [5.74, 6) is -1.53. The van der Waals surface area contributed by atoms with Gasteiger partial charge in [-0.2, -0.15) is 5.10 Å². The average Bonchev–Trinajstić information content (AvgIpc) is 3.54. The van der Waals surface area contributed by atoms with Gasteiger partial charge < -0.3 is 10.3 Å². The average molecular weight is 493 g/mol. The maximum Gasteiger partial charge on any atom is 0.277 e. The summed E-state index contributed by atoms with van der Waals surface area (Å²) < 4.78 is 30.3. The predicted octanol–water partition coefficient (Wildman–Crippen LogP) is 3.45. The number of nitrogens with zero attached hydrogens (tertiary/aromatic N) is 4. The molecule has 1 aromatic carbocycles. The zero-order chi connectivity index (χ0) is 24.3. The second-order valence-corrected chi connectivity index (χ2v) is 9.49. The monoisotopic (exact) mass is 492 g/mol.